The summed E-state index contributed by atoms with van der Waals surface area (Å²) in [5, 5.41) is 12.2. The van der Waals surface area contributed by atoms with Gasteiger partial charge in [0.2, 0.25) is 5.63 Å². The van der Waals surface area contributed by atoms with E-state index in [1.165, 1.54) is 67.4 Å². The van der Waals surface area contributed by atoms with Crippen LogP contribution in [0, 0.1) is 34.9 Å². The van der Waals surface area contributed by atoms with Crippen LogP contribution in [-0.4, -0.2) is 31.4 Å². The molecule has 1 unspecified atom stereocenters. The molecule has 54 heavy (non-hydrogen) atoms. The predicted octanol–water partition coefficient (Wildman–Crippen LogP) is 9.66. The topological polar surface area (TPSA) is 93.8 Å². The van der Waals surface area contributed by atoms with Crippen molar-refractivity contribution in [3.63, 3.8) is 0 Å². The largest absolute Gasteiger partial charge is 0.321 e. The summed E-state index contributed by atoms with van der Waals surface area (Å²) in [4.78, 5) is 24.9. The first-order chi connectivity index (χ1) is 25.5. The summed E-state index contributed by atoms with van der Waals surface area (Å²) in [6, 6.07) is 13.9. The van der Waals surface area contributed by atoms with Crippen LogP contribution in [0.4, 0.5) is 50.9 Å². The molecule has 2 N–H and O–H groups in total. The molecule has 4 aromatic carbocycles. The Hall–Kier alpha value is -6.10. The van der Waals surface area contributed by atoms with Gasteiger partial charge in [-0.25, -0.2) is 39.5 Å². The minimum absolute atomic E-state index is 0.0384. The number of amides is 2. The number of hydrogen-bond acceptors (Lipinski definition) is 4. The van der Waals surface area contributed by atoms with Gasteiger partial charge in [0.15, 0.2) is 23.3 Å². The van der Waals surface area contributed by atoms with Gasteiger partial charge in [-0.05, 0) is 24.3 Å². The van der Waals surface area contributed by atoms with Gasteiger partial charge in [0.1, 0.15) is 23.0 Å². The quantitative estimate of drug-likeness (QED) is 0.0915. The van der Waals surface area contributed by atoms with Crippen molar-refractivity contribution in [2.75, 3.05) is 10.6 Å². The Morgan fingerprint density at radius 2 is 0.944 bits per heavy atom. The number of aromatic nitrogens is 4. The molecule has 6 rings (SSSR count). The van der Waals surface area contributed by atoms with Crippen molar-refractivity contribution in [1.29, 1.82) is 0 Å². The Morgan fingerprint density at radius 3 is 1.35 bits per heavy atom. The van der Waals surface area contributed by atoms with E-state index in [-0.39, 0.29) is 50.4 Å². The first-order valence-corrected chi connectivity index (χ1v) is 15.7. The van der Waals surface area contributed by atoms with Gasteiger partial charge in [-0.1, -0.05) is 48.0 Å². The maximum atomic E-state index is 14.1. The summed E-state index contributed by atoms with van der Waals surface area (Å²) in [6.45, 7) is 0. The van der Waals surface area contributed by atoms with Gasteiger partial charge < -0.3 is 10.6 Å². The number of carbonyl (C=O) groups is 2. The molecule has 0 aliphatic heterocycles. The van der Waals surface area contributed by atoms with Gasteiger partial charge in [0, 0.05) is 72.3 Å². The lowest BCUT2D eigenvalue weighted by Gasteiger charge is -2.12. The van der Waals surface area contributed by atoms with Gasteiger partial charge in [-0.2, -0.15) is 10.2 Å². The van der Waals surface area contributed by atoms with Gasteiger partial charge in [-0.15, -0.1) is 0 Å². The van der Waals surface area contributed by atoms with E-state index in [1.54, 1.807) is 6.07 Å². The number of benzene rings is 4. The summed E-state index contributed by atoms with van der Waals surface area (Å²) in [6.07, 6.45) is -0.566. The number of halogens is 10. The third-order valence-corrected chi connectivity index (χ3v) is 7.77. The van der Waals surface area contributed by atoms with Crippen molar-refractivity contribution in [1.82, 2.24) is 19.6 Å². The normalized spacial score (nSPS) is 11.6. The zero-order chi connectivity index (χ0) is 39.4. The van der Waals surface area contributed by atoms with Gasteiger partial charge >= 0.3 is 0 Å². The first-order valence-electron chi connectivity index (χ1n) is 15.3. The lowest BCUT2D eigenvalue weighted by Crippen LogP contribution is -2.14. The summed E-state index contributed by atoms with van der Waals surface area (Å²) in [5.41, 5.74) is -3.62. The van der Waals surface area contributed by atoms with E-state index >= 15 is 0 Å². The zero-order valence-corrected chi connectivity index (χ0v) is 28.4. The Labute approximate surface area is 304 Å². The van der Waals surface area contributed by atoms with Crippen LogP contribution in [0.5, 0.6) is 0 Å². The summed E-state index contributed by atoms with van der Waals surface area (Å²) < 4.78 is 123. The van der Waals surface area contributed by atoms with Crippen molar-refractivity contribution >= 4 is 34.8 Å². The molecule has 18 heteroatoms. The zero-order valence-electron chi connectivity index (χ0n) is 27.6. The van der Waals surface area contributed by atoms with Crippen molar-refractivity contribution in [2.24, 2.45) is 14.1 Å². The first kappa shape index (κ1) is 39.1. The molecule has 0 saturated heterocycles. The Bertz CT molecular complexity index is 2200. The number of anilines is 2. The van der Waals surface area contributed by atoms with Crippen LogP contribution < -0.4 is 10.6 Å². The number of aryl methyl sites for hydroxylation is 2. The highest BCUT2D eigenvalue weighted by atomic mass is 35.5. The molecule has 2 heterocycles. The van der Waals surface area contributed by atoms with Gasteiger partial charge in [0.05, 0.1) is 11.1 Å². The highest BCUT2D eigenvalue weighted by Crippen LogP contribution is 2.34. The summed E-state index contributed by atoms with van der Waals surface area (Å²) >= 11 is 5.40. The second-order valence-electron chi connectivity index (χ2n) is 11.3. The fourth-order valence-electron chi connectivity index (χ4n) is 5.17. The number of para-hydroxylation sites is 2. The lowest BCUT2D eigenvalue weighted by molar-refractivity contribution is 0.100. The minimum Gasteiger partial charge on any atom is -0.321 e. The molecular weight excluding hydrogens is 755 g/mol. The molecular formula is C36H24ClF9N6O2. The summed E-state index contributed by atoms with van der Waals surface area (Å²) in [7, 11) is 2.87. The number of alkyl halides is 4. The van der Waals surface area contributed by atoms with Crippen molar-refractivity contribution in [3.8, 4) is 22.3 Å². The number of carbonyl (C=O) groups excluding carboxylic acids is 2. The van der Waals surface area contributed by atoms with E-state index in [9.17, 15) is 49.1 Å². The molecule has 0 fully saturated rings. The number of hydrogen-bond donors (Lipinski definition) is 2. The molecule has 1 atom stereocenters. The molecule has 0 saturated carbocycles. The highest BCUT2D eigenvalue weighted by Gasteiger charge is 2.25. The minimum atomic E-state index is -2.97. The third kappa shape index (κ3) is 8.57. The Balaban J connectivity index is 0.000000208. The molecule has 2 amide bonds. The average molecular weight is 779 g/mol. The van der Waals surface area contributed by atoms with Crippen LogP contribution in [0.3, 0.4) is 0 Å². The standard InChI is InChI=1S/C18H12ClF4N3O.C18H12F5N3O/c1-26-8-11(16(25-26)17(19)23)18(27)24-15-5-3-2-4-9(15)10-6-13(21)14(22)7-12(10)20;1-26-8-11(16(25-26)17(22)23)18(27)24-15-5-3-2-4-9(15)10-6-13(20)14(21)7-12(10)19/h2*2-8,17H,1H3,(H,24,27). The van der Waals surface area contributed by atoms with Crippen LogP contribution in [0.15, 0.2) is 85.2 Å². The fraction of sp³-hybridized carbons (Fsp3) is 0.111. The van der Waals surface area contributed by atoms with Crippen LogP contribution in [0.25, 0.3) is 22.3 Å². The maximum Gasteiger partial charge on any atom is 0.282 e. The molecule has 0 spiro atoms. The van der Waals surface area contributed by atoms with Crippen LogP contribution in [-0.2, 0) is 14.1 Å². The molecule has 0 bridgehead atoms. The lowest BCUT2D eigenvalue weighted by atomic mass is 10.0. The number of nitrogens with zero attached hydrogens (tertiary/aromatic N) is 4. The van der Waals surface area contributed by atoms with Crippen molar-refractivity contribution < 1.29 is 49.1 Å². The monoisotopic (exact) mass is 778 g/mol. The van der Waals surface area contributed by atoms with E-state index in [0.29, 0.717) is 24.3 Å². The predicted molar refractivity (Wildman–Crippen MR) is 180 cm³/mol. The highest BCUT2D eigenvalue weighted by molar-refractivity contribution is 6.20. The van der Waals surface area contributed by atoms with E-state index in [1.807, 2.05) is 0 Å². The van der Waals surface area contributed by atoms with Gasteiger partial charge in [-0.3, -0.25) is 19.0 Å². The second kappa shape index (κ2) is 16.3. The molecule has 2 aromatic heterocycles. The number of rotatable bonds is 8. The fourth-order valence-corrected chi connectivity index (χ4v) is 5.34. The molecule has 0 aliphatic rings. The Kier molecular flexibility index (Phi) is 11.8. The number of nitrogens with one attached hydrogen (secondary N) is 2. The van der Waals surface area contributed by atoms with Crippen LogP contribution in [0.1, 0.15) is 44.2 Å². The van der Waals surface area contributed by atoms with E-state index < -0.39 is 64.5 Å². The van der Waals surface area contributed by atoms with Crippen molar-refractivity contribution in [3.05, 3.63) is 143 Å². The molecule has 0 aliphatic carbocycles. The van der Waals surface area contributed by atoms with E-state index in [2.05, 4.69) is 20.8 Å². The Morgan fingerprint density at radius 1 is 0.574 bits per heavy atom. The van der Waals surface area contributed by atoms with E-state index in [0.717, 1.165) is 10.9 Å². The average Bonchev–Trinajstić information content (AvgIpc) is 3.72. The van der Waals surface area contributed by atoms with Crippen LogP contribution in [0.2, 0.25) is 0 Å². The molecule has 280 valence electrons. The molecule has 0 radical (unpaired) electrons. The second-order valence-corrected chi connectivity index (χ2v) is 11.7. The molecule has 6 aromatic rings. The van der Waals surface area contributed by atoms with Crippen LogP contribution >= 0.6 is 11.6 Å². The van der Waals surface area contributed by atoms with Crippen molar-refractivity contribution in [2.45, 2.75) is 12.1 Å². The van der Waals surface area contributed by atoms with E-state index in [4.69, 9.17) is 11.6 Å². The maximum absolute atomic E-state index is 14.1. The SMILES string of the molecule is Cn1cc(C(=O)Nc2ccccc2-c2cc(F)c(F)cc2F)c(C(F)Cl)n1.Cn1cc(C(=O)Nc2ccccc2-c2cc(F)c(F)cc2F)c(C(F)F)n1. The smallest absolute Gasteiger partial charge is 0.282 e. The third-order valence-electron chi connectivity index (χ3n) is 7.57. The summed E-state index contributed by atoms with van der Waals surface area (Å²) in [5.74, 6) is -8.84. The van der Waals surface area contributed by atoms with Gasteiger partial charge in [0.25, 0.3) is 18.2 Å². The molecule has 8 nitrogen and oxygen atoms in total.